The fraction of sp³-hybridized carbons (Fsp3) is 0.500. The average molecular weight is 244 g/mol. The molecule has 2 heterocycles. The molecule has 0 saturated carbocycles. The molecule has 1 saturated heterocycles. The number of aromatic amines is 1. The Bertz CT molecular complexity index is 540. The first-order chi connectivity index (χ1) is 8.74. The number of imidazole rings is 1. The van der Waals surface area contributed by atoms with E-state index in [2.05, 4.69) is 33.5 Å². The molecule has 1 fully saturated rings. The van der Waals surface area contributed by atoms with Gasteiger partial charge >= 0.3 is 0 Å². The van der Waals surface area contributed by atoms with E-state index < -0.39 is 0 Å². The molecule has 0 aliphatic carbocycles. The maximum Gasteiger partial charge on any atom is 0.104 e. The summed E-state index contributed by atoms with van der Waals surface area (Å²) in [7, 11) is 0. The van der Waals surface area contributed by atoms with Crippen molar-refractivity contribution >= 4 is 11.0 Å². The summed E-state index contributed by atoms with van der Waals surface area (Å²) in [5, 5.41) is 3.52. The van der Waals surface area contributed by atoms with E-state index in [9.17, 15) is 0 Å². The van der Waals surface area contributed by atoms with E-state index in [-0.39, 0.29) is 6.04 Å². The van der Waals surface area contributed by atoms with Crippen molar-refractivity contribution in [1.29, 1.82) is 0 Å². The van der Waals surface area contributed by atoms with Crippen molar-refractivity contribution < 1.29 is 0 Å². The predicted octanol–water partition coefficient (Wildman–Crippen LogP) is 2.01. The fourth-order valence-corrected chi connectivity index (χ4v) is 2.78. The summed E-state index contributed by atoms with van der Waals surface area (Å²) in [4.78, 5) is 7.68. The zero-order valence-corrected chi connectivity index (χ0v) is 10.7. The van der Waals surface area contributed by atoms with Gasteiger partial charge in [0.15, 0.2) is 0 Å². The van der Waals surface area contributed by atoms with E-state index in [4.69, 9.17) is 5.73 Å². The first-order valence-corrected chi connectivity index (χ1v) is 6.69. The number of nitrogens with one attached hydrogen (secondary N) is 2. The van der Waals surface area contributed by atoms with Crippen LogP contribution in [0.2, 0.25) is 0 Å². The second-order valence-corrected chi connectivity index (χ2v) is 5.18. The molecule has 4 N–H and O–H groups in total. The molecule has 18 heavy (non-hydrogen) atoms. The predicted molar refractivity (Wildman–Crippen MR) is 73.4 cm³/mol. The Morgan fingerprint density at radius 2 is 2.28 bits per heavy atom. The molecule has 4 nitrogen and oxygen atoms in total. The number of nitrogens with two attached hydrogens (primary N) is 1. The van der Waals surface area contributed by atoms with E-state index in [0.717, 1.165) is 23.4 Å². The number of fused-ring (bicyclic) bond motifs is 1. The van der Waals surface area contributed by atoms with Crippen LogP contribution >= 0.6 is 0 Å². The summed E-state index contributed by atoms with van der Waals surface area (Å²) in [5.41, 5.74) is 9.65. The first-order valence-electron chi connectivity index (χ1n) is 6.69. The van der Waals surface area contributed by atoms with Crippen LogP contribution in [0.15, 0.2) is 18.2 Å². The lowest BCUT2D eigenvalue weighted by molar-refractivity contribution is 0.354. The molecule has 0 radical (unpaired) electrons. The molecule has 1 aliphatic rings. The summed E-state index contributed by atoms with van der Waals surface area (Å²) >= 11 is 0. The number of benzene rings is 1. The maximum atomic E-state index is 6.37. The number of rotatable bonds is 2. The van der Waals surface area contributed by atoms with Gasteiger partial charge < -0.3 is 16.0 Å². The Hall–Kier alpha value is -1.39. The molecule has 1 aromatic heterocycles. The van der Waals surface area contributed by atoms with Crippen molar-refractivity contribution in [3.63, 3.8) is 0 Å². The lowest BCUT2D eigenvalue weighted by atomic mass is 9.93. The Balaban J connectivity index is 1.88. The normalized spacial score (nSPS) is 22.2. The molecular weight excluding hydrogens is 224 g/mol. The van der Waals surface area contributed by atoms with Gasteiger partial charge in [0.25, 0.3) is 0 Å². The first kappa shape index (κ1) is 11.7. The highest BCUT2D eigenvalue weighted by atomic mass is 15.0. The van der Waals surface area contributed by atoms with Gasteiger partial charge in [-0.3, -0.25) is 0 Å². The van der Waals surface area contributed by atoms with Gasteiger partial charge in [0.2, 0.25) is 0 Å². The minimum absolute atomic E-state index is 0.0679. The Kier molecular flexibility index (Phi) is 3.06. The molecule has 2 aromatic rings. The number of hydrogen-bond acceptors (Lipinski definition) is 3. The summed E-state index contributed by atoms with van der Waals surface area (Å²) in [6, 6.07) is 6.76. The SMILES string of the molecule is Cc1nc2ccc(C(N)C3CCCCN3)cc2[nH]1. The van der Waals surface area contributed by atoms with Gasteiger partial charge in [-0.1, -0.05) is 12.5 Å². The molecule has 1 aromatic carbocycles. The van der Waals surface area contributed by atoms with E-state index in [1.165, 1.54) is 24.8 Å². The molecule has 0 amide bonds. The van der Waals surface area contributed by atoms with Crippen LogP contribution in [-0.2, 0) is 0 Å². The fourth-order valence-electron chi connectivity index (χ4n) is 2.78. The van der Waals surface area contributed by atoms with Crippen molar-refractivity contribution in [3.8, 4) is 0 Å². The molecule has 96 valence electrons. The molecule has 3 rings (SSSR count). The summed E-state index contributed by atoms with van der Waals surface area (Å²) in [6.07, 6.45) is 3.71. The average Bonchev–Trinajstić information content (AvgIpc) is 2.78. The minimum atomic E-state index is 0.0679. The third-order valence-electron chi connectivity index (χ3n) is 3.79. The Morgan fingerprint density at radius 1 is 1.39 bits per heavy atom. The maximum absolute atomic E-state index is 6.37. The second-order valence-electron chi connectivity index (χ2n) is 5.18. The van der Waals surface area contributed by atoms with Gasteiger partial charge in [0, 0.05) is 12.1 Å². The van der Waals surface area contributed by atoms with Gasteiger partial charge in [-0.15, -0.1) is 0 Å². The van der Waals surface area contributed by atoms with Crippen LogP contribution in [0.4, 0.5) is 0 Å². The topological polar surface area (TPSA) is 66.7 Å². The van der Waals surface area contributed by atoms with Crippen LogP contribution in [0.3, 0.4) is 0 Å². The third kappa shape index (κ3) is 2.13. The molecule has 2 unspecified atom stereocenters. The number of aryl methyl sites for hydroxylation is 1. The second kappa shape index (κ2) is 4.71. The number of aromatic nitrogens is 2. The Labute approximate surface area is 107 Å². The third-order valence-corrected chi connectivity index (χ3v) is 3.79. The van der Waals surface area contributed by atoms with Crippen LogP contribution in [-0.4, -0.2) is 22.6 Å². The van der Waals surface area contributed by atoms with E-state index >= 15 is 0 Å². The molecule has 0 spiro atoms. The van der Waals surface area contributed by atoms with Crippen LogP contribution in [0.5, 0.6) is 0 Å². The van der Waals surface area contributed by atoms with Gasteiger partial charge in [0.1, 0.15) is 5.82 Å². The van der Waals surface area contributed by atoms with Crippen molar-refractivity contribution in [3.05, 3.63) is 29.6 Å². The Morgan fingerprint density at radius 3 is 3.06 bits per heavy atom. The standard InChI is InChI=1S/C14H20N4/c1-9-17-11-6-5-10(8-13(11)18-9)14(15)12-4-2-3-7-16-12/h5-6,8,12,14,16H,2-4,7,15H2,1H3,(H,17,18). The smallest absolute Gasteiger partial charge is 0.104 e. The lowest BCUT2D eigenvalue weighted by Crippen LogP contribution is -2.42. The highest BCUT2D eigenvalue weighted by molar-refractivity contribution is 5.76. The number of H-pyrrole nitrogens is 1. The van der Waals surface area contributed by atoms with Gasteiger partial charge in [0.05, 0.1) is 11.0 Å². The van der Waals surface area contributed by atoms with Gasteiger partial charge in [-0.2, -0.15) is 0 Å². The quantitative estimate of drug-likeness (QED) is 0.757. The van der Waals surface area contributed by atoms with E-state index in [0.29, 0.717) is 6.04 Å². The number of piperidine rings is 1. The summed E-state index contributed by atoms with van der Waals surface area (Å²) in [5.74, 6) is 0.950. The molecule has 2 atom stereocenters. The van der Waals surface area contributed by atoms with Crippen LogP contribution < -0.4 is 11.1 Å². The number of nitrogens with zero attached hydrogens (tertiary/aromatic N) is 1. The largest absolute Gasteiger partial charge is 0.342 e. The van der Waals surface area contributed by atoms with Gasteiger partial charge in [-0.25, -0.2) is 4.98 Å². The number of hydrogen-bond donors (Lipinski definition) is 3. The van der Waals surface area contributed by atoms with Crippen LogP contribution in [0.25, 0.3) is 11.0 Å². The molecule has 4 heteroatoms. The van der Waals surface area contributed by atoms with E-state index in [1.807, 2.05) is 6.92 Å². The molecular formula is C14H20N4. The van der Waals surface area contributed by atoms with Crippen LogP contribution in [0, 0.1) is 6.92 Å². The van der Waals surface area contributed by atoms with Crippen molar-refractivity contribution in [2.75, 3.05) is 6.54 Å². The lowest BCUT2D eigenvalue weighted by Gasteiger charge is -2.29. The highest BCUT2D eigenvalue weighted by Gasteiger charge is 2.21. The zero-order valence-electron chi connectivity index (χ0n) is 10.7. The van der Waals surface area contributed by atoms with Crippen LogP contribution in [0.1, 0.15) is 36.7 Å². The monoisotopic (exact) mass is 244 g/mol. The minimum Gasteiger partial charge on any atom is -0.342 e. The summed E-state index contributed by atoms with van der Waals surface area (Å²) in [6.45, 7) is 3.06. The van der Waals surface area contributed by atoms with E-state index in [1.54, 1.807) is 0 Å². The van der Waals surface area contributed by atoms with Crippen molar-refractivity contribution in [2.24, 2.45) is 5.73 Å². The van der Waals surface area contributed by atoms with Crippen molar-refractivity contribution in [2.45, 2.75) is 38.3 Å². The summed E-state index contributed by atoms with van der Waals surface area (Å²) < 4.78 is 0. The zero-order chi connectivity index (χ0) is 12.5. The highest BCUT2D eigenvalue weighted by Crippen LogP contribution is 2.23. The van der Waals surface area contributed by atoms with Gasteiger partial charge in [-0.05, 0) is 44.0 Å². The molecule has 0 bridgehead atoms. The van der Waals surface area contributed by atoms with Crippen molar-refractivity contribution in [1.82, 2.24) is 15.3 Å². The molecule has 1 aliphatic heterocycles.